The molecular weight excluding hydrogens is 310 g/mol. The molecule has 0 saturated heterocycles. The molecule has 7 atom stereocenters. The number of aliphatic hydroxyl groups is 1. The molecule has 0 heterocycles. The molecule has 0 aliphatic heterocycles. The smallest absolute Gasteiger partial charge is 0.172 e. The van der Waals surface area contributed by atoms with Crippen molar-refractivity contribution < 1.29 is 9.90 Å². The van der Waals surface area contributed by atoms with Gasteiger partial charge in [-0.15, -0.1) is 6.42 Å². The van der Waals surface area contributed by atoms with Crippen LogP contribution in [0.25, 0.3) is 0 Å². The number of ketones is 1. The topological polar surface area (TPSA) is 61.1 Å². The molecule has 4 aliphatic rings. The highest BCUT2D eigenvalue weighted by Crippen LogP contribution is 2.67. The average Bonchev–Trinajstić information content (AvgIpc) is 2.87. The van der Waals surface area contributed by atoms with Crippen LogP contribution in [-0.4, -0.2) is 16.5 Å². The van der Waals surface area contributed by atoms with Crippen LogP contribution >= 0.6 is 0 Å². The van der Waals surface area contributed by atoms with E-state index in [0.29, 0.717) is 30.6 Å². The van der Waals surface area contributed by atoms with E-state index in [1.165, 1.54) is 5.57 Å². The number of rotatable bonds is 0. The molecule has 0 aromatic carbocycles. The van der Waals surface area contributed by atoms with Crippen molar-refractivity contribution in [2.24, 2.45) is 34.5 Å². The molecule has 3 heteroatoms. The summed E-state index contributed by atoms with van der Waals surface area (Å²) in [6, 6.07) is 2.22. The van der Waals surface area contributed by atoms with Gasteiger partial charge >= 0.3 is 0 Å². The average molecular weight is 337 g/mol. The maximum absolute atomic E-state index is 12.2. The van der Waals surface area contributed by atoms with Crippen LogP contribution in [0, 0.1) is 58.2 Å². The van der Waals surface area contributed by atoms with Crippen molar-refractivity contribution in [2.75, 3.05) is 0 Å². The molecule has 3 saturated carbocycles. The summed E-state index contributed by atoms with van der Waals surface area (Å²) in [6.07, 6.45) is 13.9. The maximum Gasteiger partial charge on any atom is 0.172 e. The number of allylic oxidation sites excluding steroid dienone is 1. The largest absolute Gasteiger partial charge is 0.377 e. The minimum absolute atomic E-state index is 0.00311. The van der Waals surface area contributed by atoms with Crippen molar-refractivity contribution in [3.8, 4) is 18.4 Å². The van der Waals surface area contributed by atoms with Crippen LogP contribution in [0.3, 0.4) is 0 Å². The lowest BCUT2D eigenvalue weighted by Gasteiger charge is -2.58. The fraction of sp³-hybridized carbons (Fsp3) is 0.727. The Morgan fingerprint density at radius 2 is 1.96 bits per heavy atom. The van der Waals surface area contributed by atoms with Crippen molar-refractivity contribution in [3.05, 3.63) is 11.6 Å². The van der Waals surface area contributed by atoms with Gasteiger partial charge in [-0.25, -0.2) is 0 Å². The van der Waals surface area contributed by atoms with Crippen LogP contribution in [0.5, 0.6) is 0 Å². The Labute approximate surface area is 150 Å². The third-order valence-corrected chi connectivity index (χ3v) is 8.57. The van der Waals surface area contributed by atoms with Crippen molar-refractivity contribution >= 4 is 5.78 Å². The molecule has 0 aromatic heterocycles. The molecule has 4 aliphatic carbocycles. The number of terminal acetylenes is 1. The van der Waals surface area contributed by atoms with Gasteiger partial charge in [-0.05, 0) is 74.2 Å². The zero-order valence-corrected chi connectivity index (χ0v) is 15.2. The van der Waals surface area contributed by atoms with Crippen molar-refractivity contribution in [2.45, 2.75) is 64.4 Å². The fourth-order valence-electron chi connectivity index (χ4n) is 7.01. The Balaban J connectivity index is 1.71. The normalized spacial score (nSPS) is 51.4. The summed E-state index contributed by atoms with van der Waals surface area (Å²) in [5.74, 6) is 3.70. The highest BCUT2D eigenvalue weighted by atomic mass is 16.3. The third-order valence-electron chi connectivity index (χ3n) is 8.57. The van der Waals surface area contributed by atoms with Gasteiger partial charge in [0, 0.05) is 5.41 Å². The van der Waals surface area contributed by atoms with Gasteiger partial charge in [0.2, 0.25) is 0 Å². The van der Waals surface area contributed by atoms with E-state index in [1.54, 1.807) is 6.08 Å². The molecule has 0 radical (unpaired) electrons. The molecule has 132 valence electrons. The summed E-state index contributed by atoms with van der Waals surface area (Å²) < 4.78 is 0. The van der Waals surface area contributed by atoms with Gasteiger partial charge in [0.1, 0.15) is 11.5 Å². The van der Waals surface area contributed by atoms with Crippen LogP contribution in [0.4, 0.5) is 0 Å². The van der Waals surface area contributed by atoms with Gasteiger partial charge in [0.25, 0.3) is 0 Å². The van der Waals surface area contributed by atoms with Gasteiger partial charge < -0.3 is 5.11 Å². The van der Waals surface area contributed by atoms with E-state index in [4.69, 9.17) is 6.42 Å². The first-order valence-electron chi connectivity index (χ1n) is 9.64. The van der Waals surface area contributed by atoms with Gasteiger partial charge in [-0.3, -0.25) is 4.79 Å². The summed E-state index contributed by atoms with van der Waals surface area (Å²) in [5.41, 5.74) is 0.0471. The van der Waals surface area contributed by atoms with Gasteiger partial charge in [0.05, 0.1) is 6.07 Å². The Hall–Kier alpha value is -1.58. The zero-order valence-electron chi connectivity index (χ0n) is 15.2. The predicted molar refractivity (Wildman–Crippen MR) is 95.0 cm³/mol. The first-order valence-corrected chi connectivity index (χ1v) is 9.64. The Kier molecular flexibility index (Phi) is 3.52. The molecule has 4 rings (SSSR count). The minimum atomic E-state index is -0.975. The second-order valence-electron chi connectivity index (χ2n) is 9.29. The number of hydrogen-bond donors (Lipinski definition) is 1. The van der Waals surface area contributed by atoms with E-state index in [-0.39, 0.29) is 16.6 Å². The van der Waals surface area contributed by atoms with E-state index >= 15 is 0 Å². The molecule has 1 N–H and O–H groups in total. The van der Waals surface area contributed by atoms with Gasteiger partial charge in [-0.2, -0.15) is 5.26 Å². The highest BCUT2D eigenvalue weighted by Gasteiger charge is 2.63. The second kappa shape index (κ2) is 5.21. The number of fused-ring (bicyclic) bond motifs is 5. The minimum Gasteiger partial charge on any atom is -0.377 e. The standard InChI is InChI=1S/C22H27NO2/c1-4-22(25)10-8-18-16-6-5-15-11-19(24)14(13-23)12-20(15,2)17(16)7-9-21(18,22)3/h1,11,14,16-18,25H,5-10,12H2,2-3H3/t14-,16+,17-,18-,20-,21-,22-/m0/s1. The van der Waals surface area contributed by atoms with Gasteiger partial charge in [0.15, 0.2) is 5.78 Å². The molecule has 3 nitrogen and oxygen atoms in total. The number of hydrogen-bond acceptors (Lipinski definition) is 3. The molecule has 0 unspecified atom stereocenters. The summed E-state index contributed by atoms with van der Waals surface area (Å²) >= 11 is 0. The molecule has 0 amide bonds. The highest BCUT2D eigenvalue weighted by molar-refractivity contribution is 5.95. The van der Waals surface area contributed by atoms with Crippen LogP contribution in [0.15, 0.2) is 11.6 Å². The number of nitriles is 1. The first kappa shape index (κ1) is 16.9. The van der Waals surface area contributed by atoms with Crippen molar-refractivity contribution in [1.29, 1.82) is 5.26 Å². The van der Waals surface area contributed by atoms with E-state index in [9.17, 15) is 15.2 Å². The van der Waals surface area contributed by atoms with E-state index < -0.39 is 11.5 Å². The summed E-state index contributed by atoms with van der Waals surface area (Å²) in [5, 5.41) is 20.4. The summed E-state index contributed by atoms with van der Waals surface area (Å²) in [6.45, 7) is 4.47. The number of nitrogens with zero attached hydrogens (tertiary/aromatic N) is 1. The molecule has 25 heavy (non-hydrogen) atoms. The Morgan fingerprint density at radius 3 is 2.64 bits per heavy atom. The van der Waals surface area contributed by atoms with E-state index in [0.717, 1.165) is 32.1 Å². The third kappa shape index (κ3) is 2.00. The summed E-state index contributed by atoms with van der Waals surface area (Å²) in [7, 11) is 0. The second-order valence-corrected chi connectivity index (χ2v) is 9.29. The summed E-state index contributed by atoms with van der Waals surface area (Å²) in [4.78, 5) is 12.2. The van der Waals surface area contributed by atoms with Crippen molar-refractivity contribution in [1.82, 2.24) is 0 Å². The molecule has 0 bridgehead atoms. The van der Waals surface area contributed by atoms with Crippen LogP contribution in [-0.2, 0) is 4.79 Å². The monoisotopic (exact) mass is 337 g/mol. The van der Waals surface area contributed by atoms with Crippen LogP contribution < -0.4 is 0 Å². The van der Waals surface area contributed by atoms with Crippen LogP contribution in [0.2, 0.25) is 0 Å². The molecular formula is C22H27NO2. The number of carbonyl (C=O) groups excluding carboxylic acids is 1. The van der Waals surface area contributed by atoms with Crippen LogP contribution in [0.1, 0.15) is 58.8 Å². The van der Waals surface area contributed by atoms with Crippen molar-refractivity contribution in [3.63, 3.8) is 0 Å². The molecule has 0 spiro atoms. The lowest BCUT2D eigenvalue weighted by atomic mass is 9.46. The zero-order chi connectivity index (χ0) is 18.0. The number of carbonyl (C=O) groups is 1. The quantitative estimate of drug-likeness (QED) is 0.687. The predicted octanol–water partition coefficient (Wildman–Crippen LogP) is 3.63. The fourth-order valence-corrected chi connectivity index (χ4v) is 7.01. The maximum atomic E-state index is 12.2. The molecule has 3 fully saturated rings. The Morgan fingerprint density at radius 1 is 1.24 bits per heavy atom. The van der Waals surface area contributed by atoms with E-state index in [2.05, 4.69) is 25.8 Å². The lowest BCUT2D eigenvalue weighted by molar-refractivity contribution is -0.122. The van der Waals surface area contributed by atoms with Gasteiger partial charge in [-0.1, -0.05) is 25.3 Å². The lowest BCUT2D eigenvalue weighted by Crippen LogP contribution is -2.54. The molecule has 0 aromatic rings. The SMILES string of the molecule is C#C[C@]1(O)CC[C@H]2[C@@H]3CCC4=CC(=O)[C@H](C#N)C[C@]4(C)[C@H]3CC[C@@]21C. The first-order chi connectivity index (χ1) is 11.8. The van der Waals surface area contributed by atoms with E-state index in [1.807, 2.05) is 0 Å². The Bertz CT molecular complexity index is 740.